The van der Waals surface area contributed by atoms with Crippen molar-refractivity contribution in [3.05, 3.63) is 22.8 Å². The van der Waals surface area contributed by atoms with Gasteiger partial charge in [-0.3, -0.25) is 0 Å². The van der Waals surface area contributed by atoms with Crippen LogP contribution in [0.5, 0.6) is 0 Å². The van der Waals surface area contributed by atoms with Gasteiger partial charge in [0.25, 0.3) is 0 Å². The van der Waals surface area contributed by atoms with Gasteiger partial charge in [0.2, 0.25) is 0 Å². The van der Waals surface area contributed by atoms with Gasteiger partial charge >= 0.3 is 0 Å². The number of ether oxygens (including phenoxy) is 1. The highest BCUT2D eigenvalue weighted by atomic mass is 16.5. The zero-order chi connectivity index (χ0) is 12.1. The molecule has 1 aliphatic carbocycles. The molecular weight excluding hydrogens is 226 g/mol. The van der Waals surface area contributed by atoms with Gasteiger partial charge in [0.05, 0.1) is 18.9 Å². The predicted octanol–water partition coefficient (Wildman–Crippen LogP) is 1.53. The highest BCUT2D eigenvalue weighted by Crippen LogP contribution is 2.43. The maximum Gasteiger partial charge on any atom is 0.132 e. The zero-order valence-corrected chi connectivity index (χ0v) is 10.8. The Morgan fingerprint density at radius 3 is 2.67 bits per heavy atom. The van der Waals surface area contributed by atoms with Crippen molar-refractivity contribution in [1.82, 2.24) is 15.3 Å². The summed E-state index contributed by atoms with van der Waals surface area (Å²) in [4.78, 5) is 9.51. The molecule has 0 radical (unpaired) electrons. The molecule has 2 atom stereocenters. The molecule has 2 aliphatic heterocycles. The summed E-state index contributed by atoms with van der Waals surface area (Å²) in [5, 5.41) is 3.49. The molecule has 1 aromatic rings. The van der Waals surface area contributed by atoms with Crippen LogP contribution in [0.3, 0.4) is 0 Å². The van der Waals surface area contributed by atoms with E-state index in [0.717, 1.165) is 29.0 Å². The number of nitrogens with one attached hydrogen (secondary N) is 1. The van der Waals surface area contributed by atoms with Crippen LogP contribution >= 0.6 is 0 Å². The van der Waals surface area contributed by atoms with E-state index >= 15 is 0 Å². The second-order valence-corrected chi connectivity index (χ2v) is 5.93. The lowest BCUT2D eigenvalue weighted by Crippen LogP contribution is -2.13. The fourth-order valence-electron chi connectivity index (χ4n) is 3.80. The number of hydrogen-bond donors (Lipinski definition) is 1. The van der Waals surface area contributed by atoms with Crippen LogP contribution in [0.4, 0.5) is 0 Å². The highest BCUT2D eigenvalue weighted by Gasteiger charge is 2.39. The van der Waals surface area contributed by atoms with Gasteiger partial charge in [0, 0.05) is 17.2 Å². The van der Waals surface area contributed by atoms with E-state index in [1.165, 1.54) is 31.5 Å². The molecule has 1 saturated carbocycles. The Morgan fingerprint density at radius 2 is 1.89 bits per heavy atom. The van der Waals surface area contributed by atoms with Gasteiger partial charge in [-0.15, -0.1) is 0 Å². The van der Waals surface area contributed by atoms with Crippen LogP contribution in [0, 0.1) is 18.8 Å². The smallest absolute Gasteiger partial charge is 0.132 e. The largest absolute Gasteiger partial charge is 0.370 e. The van der Waals surface area contributed by atoms with Gasteiger partial charge < -0.3 is 10.1 Å². The summed E-state index contributed by atoms with van der Waals surface area (Å²) >= 11 is 0. The minimum Gasteiger partial charge on any atom is -0.370 e. The normalized spacial score (nSPS) is 33.7. The molecule has 0 bridgehead atoms. The fraction of sp³-hybridized carbons (Fsp3) is 0.714. The van der Waals surface area contributed by atoms with Crippen molar-refractivity contribution in [1.29, 1.82) is 0 Å². The van der Waals surface area contributed by atoms with Crippen molar-refractivity contribution in [2.75, 3.05) is 13.1 Å². The average molecular weight is 245 g/mol. The van der Waals surface area contributed by atoms with E-state index in [9.17, 15) is 0 Å². The summed E-state index contributed by atoms with van der Waals surface area (Å²) in [6.07, 6.45) is 2.52. The Kier molecular flexibility index (Phi) is 2.42. The molecule has 0 spiro atoms. The first-order chi connectivity index (χ1) is 8.81. The lowest BCUT2D eigenvalue weighted by atomic mass is 10.0. The van der Waals surface area contributed by atoms with Gasteiger partial charge in [0.15, 0.2) is 0 Å². The number of fused-ring (bicyclic) bond motifs is 2. The van der Waals surface area contributed by atoms with E-state index < -0.39 is 0 Å². The summed E-state index contributed by atoms with van der Waals surface area (Å²) in [6, 6.07) is 0. The molecule has 4 nitrogen and oxygen atoms in total. The molecule has 0 aromatic carbocycles. The second-order valence-electron chi connectivity index (χ2n) is 5.93. The molecule has 18 heavy (non-hydrogen) atoms. The topological polar surface area (TPSA) is 47.0 Å². The Bertz CT molecular complexity index is 476. The van der Waals surface area contributed by atoms with Crippen molar-refractivity contribution in [3.63, 3.8) is 0 Å². The molecule has 1 aromatic heterocycles. The number of aryl methyl sites for hydroxylation is 1. The first-order valence-corrected chi connectivity index (χ1v) is 6.96. The molecular formula is C14H19N3O. The number of hydrogen-bond acceptors (Lipinski definition) is 4. The number of rotatable bonds is 1. The quantitative estimate of drug-likeness (QED) is 0.815. The van der Waals surface area contributed by atoms with Crippen LogP contribution in [-0.4, -0.2) is 23.1 Å². The summed E-state index contributed by atoms with van der Waals surface area (Å²) in [6.45, 7) is 5.84. The predicted molar refractivity (Wildman–Crippen MR) is 67.1 cm³/mol. The summed E-state index contributed by atoms with van der Waals surface area (Å²) < 4.78 is 5.48. The van der Waals surface area contributed by atoms with Gasteiger partial charge in [-0.1, -0.05) is 0 Å². The third-order valence-corrected chi connectivity index (χ3v) is 4.82. The Hall–Kier alpha value is -1.00. The molecule has 2 unspecified atom stereocenters. The number of aromatic nitrogens is 2. The third kappa shape index (κ3) is 1.59. The molecule has 4 rings (SSSR count). The Balaban J connectivity index is 1.64. The van der Waals surface area contributed by atoms with Crippen molar-refractivity contribution < 1.29 is 4.74 Å². The van der Waals surface area contributed by atoms with E-state index in [1.54, 1.807) is 0 Å². The van der Waals surface area contributed by atoms with Crippen molar-refractivity contribution in [3.8, 4) is 0 Å². The van der Waals surface area contributed by atoms with Crippen LogP contribution in [0.2, 0.25) is 0 Å². The second kappa shape index (κ2) is 4.00. The van der Waals surface area contributed by atoms with Gasteiger partial charge in [-0.25, -0.2) is 9.97 Å². The first kappa shape index (κ1) is 10.9. The zero-order valence-electron chi connectivity index (χ0n) is 10.8. The minimum absolute atomic E-state index is 0.576. The Labute approximate surface area is 107 Å². The summed E-state index contributed by atoms with van der Waals surface area (Å²) in [7, 11) is 0. The molecule has 4 heteroatoms. The lowest BCUT2D eigenvalue weighted by Gasteiger charge is -2.12. The molecule has 0 amide bonds. The molecule has 2 fully saturated rings. The van der Waals surface area contributed by atoms with E-state index in [1.807, 2.05) is 0 Å². The highest BCUT2D eigenvalue weighted by molar-refractivity contribution is 5.27. The van der Waals surface area contributed by atoms with Crippen LogP contribution < -0.4 is 5.32 Å². The van der Waals surface area contributed by atoms with E-state index in [2.05, 4.69) is 12.2 Å². The molecule has 3 heterocycles. The van der Waals surface area contributed by atoms with Gasteiger partial charge in [0.1, 0.15) is 5.82 Å². The van der Waals surface area contributed by atoms with Gasteiger partial charge in [-0.2, -0.15) is 0 Å². The van der Waals surface area contributed by atoms with Crippen molar-refractivity contribution in [2.45, 2.75) is 38.9 Å². The van der Waals surface area contributed by atoms with Crippen LogP contribution in [0.25, 0.3) is 0 Å². The lowest BCUT2D eigenvalue weighted by molar-refractivity contribution is 0.133. The van der Waals surface area contributed by atoms with E-state index in [0.29, 0.717) is 19.1 Å². The molecule has 1 saturated heterocycles. The number of nitrogens with zero attached hydrogens (tertiary/aromatic N) is 2. The molecule has 3 aliphatic rings. The van der Waals surface area contributed by atoms with E-state index in [4.69, 9.17) is 14.7 Å². The van der Waals surface area contributed by atoms with Crippen LogP contribution in [-0.2, 0) is 18.0 Å². The fourth-order valence-corrected chi connectivity index (χ4v) is 3.80. The monoisotopic (exact) mass is 245 g/mol. The summed E-state index contributed by atoms with van der Waals surface area (Å²) in [5.74, 6) is 3.35. The van der Waals surface area contributed by atoms with E-state index in [-0.39, 0.29) is 0 Å². The minimum atomic E-state index is 0.576. The van der Waals surface area contributed by atoms with Crippen LogP contribution in [0.1, 0.15) is 41.5 Å². The van der Waals surface area contributed by atoms with Crippen molar-refractivity contribution >= 4 is 0 Å². The molecule has 1 N–H and O–H groups in total. The van der Waals surface area contributed by atoms with Crippen LogP contribution in [0.15, 0.2) is 0 Å². The summed E-state index contributed by atoms with van der Waals surface area (Å²) in [5.41, 5.74) is 3.48. The third-order valence-electron chi connectivity index (χ3n) is 4.82. The standard InChI is InChI=1S/C14H19N3O/c1-8-12-6-18-7-13(12)17-14(16-8)9-2-10-4-15-5-11(10)3-9/h9-11,15H,2-7H2,1H3. The molecule has 96 valence electrons. The average Bonchev–Trinajstić information content (AvgIpc) is 3.02. The first-order valence-electron chi connectivity index (χ1n) is 6.96. The maximum atomic E-state index is 5.48. The Morgan fingerprint density at radius 1 is 1.11 bits per heavy atom. The SMILES string of the molecule is Cc1nc(C2CC3CNCC3C2)nc2c1COC2. The van der Waals surface area contributed by atoms with Crippen molar-refractivity contribution in [2.24, 2.45) is 11.8 Å². The maximum absolute atomic E-state index is 5.48. The van der Waals surface area contributed by atoms with Gasteiger partial charge in [-0.05, 0) is 44.7 Å².